The molecule has 0 aliphatic heterocycles. The number of anilines is 2. The highest BCUT2D eigenvalue weighted by atomic mass is 35.5. The largest absolute Gasteiger partial charge is 0.397 e. The van der Waals surface area contributed by atoms with Gasteiger partial charge >= 0.3 is 0 Å². The molecule has 0 amide bonds. The van der Waals surface area contributed by atoms with Gasteiger partial charge in [0.05, 0.1) is 32.5 Å². The Morgan fingerprint density at radius 3 is 2.46 bits per heavy atom. The van der Waals surface area contributed by atoms with Crippen LogP contribution in [0.2, 0.25) is 10.0 Å². The van der Waals surface area contributed by atoms with Crippen LogP contribution in [0.4, 0.5) is 11.4 Å². The zero-order valence-electron chi connectivity index (χ0n) is 14.3. The number of aromatic amines is 1. The predicted molar refractivity (Wildman–Crippen MR) is 113 cm³/mol. The van der Waals surface area contributed by atoms with Crippen molar-refractivity contribution in [3.63, 3.8) is 0 Å². The normalized spacial score (nSPS) is 11.6. The molecule has 0 aliphatic rings. The van der Waals surface area contributed by atoms with Crippen molar-refractivity contribution < 1.29 is 8.42 Å². The highest BCUT2D eigenvalue weighted by molar-refractivity contribution is 7.92. The number of imidazole rings is 1. The Labute approximate surface area is 171 Å². The Bertz CT molecular complexity index is 1270. The van der Waals surface area contributed by atoms with Crippen molar-refractivity contribution in [2.24, 2.45) is 0 Å². The number of fused-ring (bicyclic) bond motifs is 1. The quantitative estimate of drug-likeness (QED) is 0.398. The summed E-state index contributed by atoms with van der Waals surface area (Å²) in [6.45, 7) is 0. The molecule has 9 heteroatoms. The van der Waals surface area contributed by atoms with Gasteiger partial charge in [0.2, 0.25) is 0 Å². The van der Waals surface area contributed by atoms with E-state index in [1.807, 2.05) is 24.3 Å². The number of para-hydroxylation sites is 3. The fourth-order valence-electron chi connectivity index (χ4n) is 2.81. The van der Waals surface area contributed by atoms with Crippen molar-refractivity contribution in [2.75, 3.05) is 10.5 Å². The van der Waals surface area contributed by atoms with E-state index in [4.69, 9.17) is 28.9 Å². The van der Waals surface area contributed by atoms with Crippen LogP contribution in [-0.2, 0) is 10.0 Å². The first-order valence-corrected chi connectivity index (χ1v) is 10.4. The Kier molecular flexibility index (Phi) is 4.66. The van der Waals surface area contributed by atoms with Crippen LogP contribution in [0.5, 0.6) is 0 Å². The highest BCUT2D eigenvalue weighted by Crippen LogP contribution is 2.33. The summed E-state index contributed by atoms with van der Waals surface area (Å²) >= 11 is 12.1. The molecule has 1 heterocycles. The molecule has 0 bridgehead atoms. The summed E-state index contributed by atoms with van der Waals surface area (Å²) in [6.07, 6.45) is 0. The topological polar surface area (TPSA) is 101 Å². The Morgan fingerprint density at radius 1 is 0.964 bits per heavy atom. The fraction of sp³-hybridized carbons (Fsp3) is 0. The molecule has 0 saturated carbocycles. The molecule has 0 saturated heterocycles. The van der Waals surface area contributed by atoms with Crippen LogP contribution in [0, 0.1) is 0 Å². The van der Waals surface area contributed by atoms with E-state index in [1.54, 1.807) is 24.3 Å². The first-order chi connectivity index (χ1) is 13.3. The van der Waals surface area contributed by atoms with E-state index in [1.165, 1.54) is 12.1 Å². The lowest BCUT2D eigenvalue weighted by atomic mass is 10.2. The second-order valence-electron chi connectivity index (χ2n) is 6.06. The van der Waals surface area contributed by atoms with E-state index in [0.29, 0.717) is 17.1 Å². The van der Waals surface area contributed by atoms with Crippen molar-refractivity contribution in [3.8, 4) is 11.4 Å². The molecule has 0 radical (unpaired) electrons. The molecule has 28 heavy (non-hydrogen) atoms. The maximum atomic E-state index is 12.9. The standard InChI is InChI=1S/C19H14Cl2N4O2S/c20-12-10-18(13(21)9-14(12)22)28(26,27)25-15-6-2-1-5-11(15)19-23-16-7-3-4-8-17(16)24-19/h1-10,25H,22H2,(H,23,24). The number of H-pyrrole nitrogens is 1. The van der Waals surface area contributed by atoms with Crippen LogP contribution in [0.15, 0.2) is 65.6 Å². The third-order valence-corrected chi connectivity index (χ3v) is 6.31. The number of halogens is 2. The van der Waals surface area contributed by atoms with Crippen molar-refractivity contribution in [2.45, 2.75) is 4.90 Å². The Balaban J connectivity index is 1.78. The minimum Gasteiger partial charge on any atom is -0.397 e. The predicted octanol–water partition coefficient (Wildman–Crippen LogP) is 4.92. The molecular formula is C19H14Cl2N4O2S. The second-order valence-corrected chi connectivity index (χ2v) is 8.52. The van der Waals surface area contributed by atoms with Crippen LogP contribution in [0.1, 0.15) is 0 Å². The molecule has 4 aromatic rings. The van der Waals surface area contributed by atoms with Crippen LogP contribution >= 0.6 is 23.2 Å². The first kappa shape index (κ1) is 18.6. The number of aromatic nitrogens is 2. The van der Waals surface area contributed by atoms with E-state index in [-0.39, 0.29) is 20.6 Å². The second kappa shape index (κ2) is 7.01. The monoisotopic (exact) mass is 432 g/mol. The molecule has 0 spiro atoms. The summed E-state index contributed by atoms with van der Waals surface area (Å²) < 4.78 is 28.4. The van der Waals surface area contributed by atoms with E-state index >= 15 is 0 Å². The number of nitrogens with one attached hydrogen (secondary N) is 2. The van der Waals surface area contributed by atoms with Gasteiger partial charge in [0, 0.05) is 5.56 Å². The molecule has 4 N–H and O–H groups in total. The molecule has 0 aliphatic carbocycles. The van der Waals surface area contributed by atoms with E-state index in [2.05, 4.69) is 14.7 Å². The molecule has 142 valence electrons. The Morgan fingerprint density at radius 2 is 1.68 bits per heavy atom. The number of benzene rings is 3. The molecular weight excluding hydrogens is 419 g/mol. The molecule has 1 aromatic heterocycles. The minimum atomic E-state index is -4.01. The maximum Gasteiger partial charge on any atom is 0.263 e. The number of hydrogen-bond acceptors (Lipinski definition) is 4. The van der Waals surface area contributed by atoms with Crippen molar-refractivity contribution in [1.82, 2.24) is 9.97 Å². The van der Waals surface area contributed by atoms with Crippen LogP contribution in [0.3, 0.4) is 0 Å². The summed E-state index contributed by atoms with van der Waals surface area (Å²) in [5.41, 5.74) is 8.46. The molecule has 0 atom stereocenters. The number of nitrogen functional groups attached to an aromatic ring is 1. The van der Waals surface area contributed by atoms with Gasteiger partial charge in [-0.05, 0) is 36.4 Å². The molecule has 0 fully saturated rings. The van der Waals surface area contributed by atoms with Crippen LogP contribution < -0.4 is 10.5 Å². The summed E-state index contributed by atoms with van der Waals surface area (Å²) in [7, 11) is -4.01. The van der Waals surface area contributed by atoms with Gasteiger partial charge in [-0.15, -0.1) is 0 Å². The highest BCUT2D eigenvalue weighted by Gasteiger charge is 2.22. The summed E-state index contributed by atoms with van der Waals surface area (Å²) in [5, 5.41) is 0.0889. The summed E-state index contributed by atoms with van der Waals surface area (Å²) in [4.78, 5) is 7.57. The lowest BCUT2D eigenvalue weighted by Crippen LogP contribution is -2.14. The molecule has 4 rings (SSSR count). The molecule has 0 unspecified atom stereocenters. The van der Waals surface area contributed by atoms with Crippen LogP contribution in [0.25, 0.3) is 22.4 Å². The number of rotatable bonds is 4. The number of hydrogen-bond donors (Lipinski definition) is 3. The molecule has 6 nitrogen and oxygen atoms in total. The van der Waals surface area contributed by atoms with Crippen molar-refractivity contribution >= 4 is 55.6 Å². The smallest absolute Gasteiger partial charge is 0.263 e. The molecule has 3 aromatic carbocycles. The average Bonchev–Trinajstić information content (AvgIpc) is 3.08. The van der Waals surface area contributed by atoms with Crippen molar-refractivity contribution in [1.29, 1.82) is 0 Å². The third-order valence-electron chi connectivity index (χ3n) is 4.16. The summed E-state index contributed by atoms with van der Waals surface area (Å²) in [5.74, 6) is 0.543. The van der Waals surface area contributed by atoms with Gasteiger partial charge in [-0.3, -0.25) is 4.72 Å². The van der Waals surface area contributed by atoms with E-state index in [9.17, 15) is 8.42 Å². The summed E-state index contributed by atoms with van der Waals surface area (Å²) in [6, 6.07) is 17.0. The van der Waals surface area contributed by atoms with Gasteiger partial charge in [-0.25, -0.2) is 13.4 Å². The van der Waals surface area contributed by atoms with Gasteiger partial charge in [0.25, 0.3) is 10.0 Å². The Hall–Kier alpha value is -2.74. The van der Waals surface area contributed by atoms with Gasteiger partial charge < -0.3 is 10.7 Å². The number of nitrogens with zero attached hydrogens (tertiary/aromatic N) is 1. The zero-order valence-corrected chi connectivity index (χ0v) is 16.6. The van der Waals surface area contributed by atoms with Crippen LogP contribution in [-0.4, -0.2) is 18.4 Å². The lowest BCUT2D eigenvalue weighted by Gasteiger charge is -2.13. The maximum absolute atomic E-state index is 12.9. The third kappa shape index (κ3) is 3.40. The SMILES string of the molecule is Nc1cc(Cl)c(S(=O)(=O)Nc2ccccc2-c2nc3ccccc3[nH]2)cc1Cl. The van der Waals surface area contributed by atoms with Gasteiger partial charge in [0.1, 0.15) is 10.7 Å². The van der Waals surface area contributed by atoms with Gasteiger partial charge in [-0.2, -0.15) is 0 Å². The number of sulfonamides is 1. The van der Waals surface area contributed by atoms with E-state index < -0.39 is 10.0 Å². The van der Waals surface area contributed by atoms with Gasteiger partial charge in [-0.1, -0.05) is 47.5 Å². The lowest BCUT2D eigenvalue weighted by molar-refractivity contribution is 0.601. The fourth-order valence-corrected chi connectivity index (χ4v) is 4.68. The van der Waals surface area contributed by atoms with Crippen molar-refractivity contribution in [3.05, 3.63) is 70.7 Å². The van der Waals surface area contributed by atoms with E-state index in [0.717, 1.165) is 11.0 Å². The minimum absolute atomic E-state index is 0.0179. The first-order valence-electron chi connectivity index (χ1n) is 8.16. The number of nitrogens with two attached hydrogens (primary N) is 1. The average molecular weight is 433 g/mol. The zero-order chi connectivity index (χ0) is 19.9. The van der Waals surface area contributed by atoms with Gasteiger partial charge in [0.15, 0.2) is 0 Å².